The molecule has 0 unspecified atom stereocenters. The number of rotatable bonds is 5. The van der Waals surface area contributed by atoms with Gasteiger partial charge in [-0.2, -0.15) is 0 Å². The summed E-state index contributed by atoms with van der Waals surface area (Å²) in [6.45, 7) is 2.29. The lowest BCUT2D eigenvalue weighted by molar-refractivity contribution is -0.148. The second-order valence-electron chi connectivity index (χ2n) is 4.62. The lowest BCUT2D eigenvalue weighted by Crippen LogP contribution is -2.59. The van der Waals surface area contributed by atoms with Gasteiger partial charge in [0.1, 0.15) is 11.3 Å². The molecule has 2 rings (SSSR count). The largest absolute Gasteiger partial charge is 0.493 e. The van der Waals surface area contributed by atoms with Gasteiger partial charge in [0, 0.05) is 0 Å². The summed E-state index contributed by atoms with van der Waals surface area (Å²) in [4.78, 5) is 23.4. The molecular formula is C14H17NO4. The molecule has 2 N–H and O–H groups in total. The van der Waals surface area contributed by atoms with E-state index in [2.05, 4.69) is 5.32 Å². The van der Waals surface area contributed by atoms with E-state index in [0.717, 1.165) is 6.42 Å². The third kappa shape index (κ3) is 2.54. The van der Waals surface area contributed by atoms with Crippen LogP contribution in [-0.2, 0) is 4.79 Å². The Kier molecular flexibility index (Phi) is 3.74. The number of benzene rings is 1. The molecule has 102 valence electrons. The lowest BCUT2D eigenvalue weighted by atomic mass is 9.76. The summed E-state index contributed by atoms with van der Waals surface area (Å²) in [5, 5.41) is 11.8. The van der Waals surface area contributed by atoms with Crippen molar-refractivity contribution in [3.8, 4) is 5.75 Å². The van der Waals surface area contributed by atoms with Crippen molar-refractivity contribution in [2.45, 2.75) is 31.7 Å². The molecule has 0 heterocycles. The molecule has 5 nitrogen and oxygen atoms in total. The van der Waals surface area contributed by atoms with Gasteiger partial charge >= 0.3 is 5.97 Å². The molecule has 1 aliphatic carbocycles. The van der Waals surface area contributed by atoms with Crippen molar-refractivity contribution in [2.75, 3.05) is 6.61 Å². The van der Waals surface area contributed by atoms with Crippen LogP contribution >= 0.6 is 0 Å². The number of aliphatic carboxylic acids is 1. The monoisotopic (exact) mass is 263 g/mol. The fourth-order valence-electron chi connectivity index (χ4n) is 2.14. The van der Waals surface area contributed by atoms with Crippen LogP contribution < -0.4 is 10.1 Å². The van der Waals surface area contributed by atoms with Gasteiger partial charge in [-0.05, 0) is 38.3 Å². The van der Waals surface area contributed by atoms with Gasteiger partial charge in [0.25, 0.3) is 5.91 Å². The maximum atomic E-state index is 12.2. The van der Waals surface area contributed by atoms with Crippen LogP contribution in [0.25, 0.3) is 0 Å². The van der Waals surface area contributed by atoms with Crippen molar-refractivity contribution in [3.05, 3.63) is 29.8 Å². The number of nitrogens with one attached hydrogen (secondary N) is 1. The van der Waals surface area contributed by atoms with E-state index in [1.807, 2.05) is 6.92 Å². The van der Waals surface area contributed by atoms with E-state index in [1.165, 1.54) is 0 Å². The molecule has 0 bridgehead atoms. The number of para-hydroxylation sites is 1. The Labute approximate surface area is 111 Å². The fraction of sp³-hybridized carbons (Fsp3) is 0.429. The van der Waals surface area contributed by atoms with E-state index >= 15 is 0 Å². The third-order valence-corrected chi connectivity index (χ3v) is 3.40. The first-order valence-electron chi connectivity index (χ1n) is 6.37. The second-order valence-corrected chi connectivity index (χ2v) is 4.62. The second kappa shape index (κ2) is 5.30. The van der Waals surface area contributed by atoms with Gasteiger partial charge in [-0.15, -0.1) is 0 Å². The Morgan fingerprint density at radius 3 is 2.58 bits per heavy atom. The summed E-state index contributed by atoms with van der Waals surface area (Å²) in [7, 11) is 0. The van der Waals surface area contributed by atoms with Crippen LogP contribution in [0.2, 0.25) is 0 Å². The van der Waals surface area contributed by atoms with Crippen LogP contribution in [0.1, 0.15) is 36.5 Å². The van der Waals surface area contributed by atoms with E-state index in [1.54, 1.807) is 24.3 Å². The molecule has 0 saturated heterocycles. The summed E-state index contributed by atoms with van der Waals surface area (Å²) in [6.07, 6.45) is 1.77. The van der Waals surface area contributed by atoms with Gasteiger partial charge in [0.2, 0.25) is 0 Å². The Morgan fingerprint density at radius 2 is 2.05 bits per heavy atom. The topological polar surface area (TPSA) is 75.6 Å². The molecule has 0 aromatic heterocycles. The third-order valence-electron chi connectivity index (χ3n) is 3.40. The number of amides is 1. The summed E-state index contributed by atoms with van der Waals surface area (Å²) in [6, 6.07) is 6.84. The van der Waals surface area contributed by atoms with Crippen LogP contribution in [0.3, 0.4) is 0 Å². The quantitative estimate of drug-likeness (QED) is 0.849. The van der Waals surface area contributed by atoms with Gasteiger partial charge < -0.3 is 15.2 Å². The average Bonchev–Trinajstić information content (AvgIpc) is 2.34. The highest BCUT2D eigenvalue weighted by Crippen LogP contribution is 2.32. The molecule has 0 aliphatic heterocycles. The Bertz CT molecular complexity index is 494. The highest BCUT2D eigenvalue weighted by Gasteiger charge is 2.46. The van der Waals surface area contributed by atoms with Gasteiger partial charge in [0.15, 0.2) is 0 Å². The van der Waals surface area contributed by atoms with Gasteiger partial charge in [0.05, 0.1) is 12.2 Å². The van der Waals surface area contributed by atoms with Crippen LogP contribution in [0.5, 0.6) is 5.75 Å². The van der Waals surface area contributed by atoms with E-state index in [9.17, 15) is 14.7 Å². The Balaban J connectivity index is 2.18. The Hall–Kier alpha value is -2.04. The van der Waals surface area contributed by atoms with E-state index in [4.69, 9.17) is 4.74 Å². The lowest BCUT2D eigenvalue weighted by Gasteiger charge is -2.38. The van der Waals surface area contributed by atoms with Crippen LogP contribution in [0.15, 0.2) is 24.3 Å². The molecule has 1 aromatic carbocycles. The Morgan fingerprint density at radius 1 is 1.37 bits per heavy atom. The van der Waals surface area contributed by atoms with Crippen molar-refractivity contribution in [3.63, 3.8) is 0 Å². The molecule has 0 spiro atoms. The smallest absolute Gasteiger partial charge is 0.329 e. The molecule has 19 heavy (non-hydrogen) atoms. The minimum Gasteiger partial charge on any atom is -0.493 e. The van der Waals surface area contributed by atoms with Crippen molar-refractivity contribution < 1.29 is 19.4 Å². The maximum Gasteiger partial charge on any atom is 0.329 e. The molecule has 1 amide bonds. The van der Waals surface area contributed by atoms with Crippen LogP contribution in [0, 0.1) is 0 Å². The molecule has 1 saturated carbocycles. The van der Waals surface area contributed by atoms with Crippen molar-refractivity contribution in [1.82, 2.24) is 5.32 Å². The van der Waals surface area contributed by atoms with E-state index in [0.29, 0.717) is 30.8 Å². The normalized spacial score (nSPS) is 16.3. The molecule has 1 fully saturated rings. The molecule has 0 radical (unpaired) electrons. The first kappa shape index (κ1) is 13.4. The predicted octanol–water partition coefficient (Wildman–Crippen LogP) is 1.82. The number of hydrogen-bond donors (Lipinski definition) is 2. The number of hydrogen-bond acceptors (Lipinski definition) is 3. The summed E-state index contributed by atoms with van der Waals surface area (Å²) < 4.78 is 5.38. The summed E-state index contributed by atoms with van der Waals surface area (Å²) >= 11 is 0. The minimum atomic E-state index is -1.10. The average molecular weight is 263 g/mol. The van der Waals surface area contributed by atoms with Gasteiger partial charge in [-0.25, -0.2) is 4.79 Å². The SMILES string of the molecule is CCOc1ccccc1C(=O)NC1(C(=O)O)CCC1. The zero-order valence-electron chi connectivity index (χ0n) is 10.8. The predicted molar refractivity (Wildman–Crippen MR) is 69.3 cm³/mol. The first-order chi connectivity index (χ1) is 9.09. The maximum absolute atomic E-state index is 12.2. The van der Waals surface area contributed by atoms with Gasteiger partial charge in [-0.1, -0.05) is 12.1 Å². The number of carbonyl (C=O) groups excluding carboxylic acids is 1. The highest BCUT2D eigenvalue weighted by molar-refractivity contribution is 6.00. The van der Waals surface area contributed by atoms with E-state index in [-0.39, 0.29) is 0 Å². The zero-order chi connectivity index (χ0) is 13.9. The number of carboxylic acids is 1. The first-order valence-corrected chi connectivity index (χ1v) is 6.37. The molecule has 5 heteroatoms. The molecule has 1 aliphatic rings. The van der Waals surface area contributed by atoms with Crippen molar-refractivity contribution in [1.29, 1.82) is 0 Å². The molecule has 0 atom stereocenters. The highest BCUT2D eigenvalue weighted by atomic mass is 16.5. The molecule has 1 aromatic rings. The minimum absolute atomic E-state index is 0.372. The zero-order valence-corrected chi connectivity index (χ0v) is 10.8. The van der Waals surface area contributed by atoms with E-state index < -0.39 is 17.4 Å². The standard InChI is InChI=1S/C14H17NO4/c1-2-19-11-7-4-3-6-10(11)12(16)15-14(13(17)18)8-5-9-14/h3-4,6-7H,2,5,8-9H2,1H3,(H,15,16)(H,17,18). The number of carboxylic acid groups (broad SMARTS) is 1. The van der Waals surface area contributed by atoms with Gasteiger partial charge in [-0.3, -0.25) is 4.79 Å². The summed E-state index contributed by atoms with van der Waals surface area (Å²) in [5.41, 5.74) is -0.729. The fourth-order valence-corrected chi connectivity index (χ4v) is 2.14. The van der Waals surface area contributed by atoms with Crippen LogP contribution in [0.4, 0.5) is 0 Å². The number of ether oxygens (including phenoxy) is 1. The number of carbonyl (C=O) groups is 2. The van der Waals surface area contributed by atoms with Crippen molar-refractivity contribution in [2.24, 2.45) is 0 Å². The van der Waals surface area contributed by atoms with Crippen molar-refractivity contribution >= 4 is 11.9 Å². The van der Waals surface area contributed by atoms with Crippen LogP contribution in [-0.4, -0.2) is 29.1 Å². The summed E-state index contributed by atoms with van der Waals surface area (Å²) in [5.74, 6) is -0.894. The molecular weight excluding hydrogens is 246 g/mol.